The fourth-order valence-electron chi connectivity index (χ4n) is 3.90. The number of aromatic nitrogens is 4. The lowest BCUT2D eigenvalue weighted by atomic mass is 10.1. The van der Waals surface area contributed by atoms with E-state index in [2.05, 4.69) is 15.1 Å². The summed E-state index contributed by atoms with van der Waals surface area (Å²) in [6.07, 6.45) is 4.47. The van der Waals surface area contributed by atoms with Gasteiger partial charge in [0.15, 0.2) is 15.5 Å². The second-order valence-corrected chi connectivity index (χ2v) is 10.9. The third-order valence-corrected chi connectivity index (χ3v) is 8.36. The number of hydrogen-bond acceptors (Lipinski definition) is 7. The number of amides is 1. The van der Waals surface area contributed by atoms with Crippen molar-refractivity contribution in [2.24, 2.45) is 0 Å². The number of benzene rings is 1. The van der Waals surface area contributed by atoms with Gasteiger partial charge in [-0.05, 0) is 31.9 Å². The summed E-state index contributed by atoms with van der Waals surface area (Å²) in [5, 5.41) is 5.91. The van der Waals surface area contributed by atoms with Crippen molar-refractivity contribution in [3.05, 3.63) is 42.9 Å². The van der Waals surface area contributed by atoms with Gasteiger partial charge in [0, 0.05) is 12.1 Å². The van der Waals surface area contributed by atoms with Crippen LogP contribution in [0.1, 0.15) is 26.7 Å². The Hall–Kier alpha value is -2.46. The maximum Gasteiger partial charge on any atom is 0.233 e. The van der Waals surface area contributed by atoms with Crippen molar-refractivity contribution >= 4 is 38.5 Å². The van der Waals surface area contributed by atoms with Gasteiger partial charge in [0.05, 0.1) is 34.5 Å². The highest BCUT2D eigenvalue weighted by Crippen LogP contribution is 2.28. The van der Waals surface area contributed by atoms with Gasteiger partial charge in [0.1, 0.15) is 11.4 Å². The lowest BCUT2D eigenvalue weighted by molar-refractivity contribution is -0.132. The smallest absolute Gasteiger partial charge is 0.233 e. The van der Waals surface area contributed by atoms with E-state index in [1.807, 2.05) is 44.2 Å². The van der Waals surface area contributed by atoms with Gasteiger partial charge in [0.25, 0.3) is 0 Å². The van der Waals surface area contributed by atoms with Crippen LogP contribution in [-0.4, -0.2) is 68.3 Å². The number of para-hydroxylation sites is 1. The van der Waals surface area contributed by atoms with E-state index in [-0.39, 0.29) is 35.2 Å². The molecule has 3 aromatic rings. The number of rotatable bonds is 7. The normalized spacial score (nSPS) is 18.8. The van der Waals surface area contributed by atoms with Crippen molar-refractivity contribution in [1.29, 1.82) is 0 Å². The van der Waals surface area contributed by atoms with Crippen molar-refractivity contribution in [3.63, 3.8) is 0 Å². The third kappa shape index (κ3) is 4.59. The minimum atomic E-state index is -3.07. The van der Waals surface area contributed by atoms with E-state index in [4.69, 9.17) is 0 Å². The van der Waals surface area contributed by atoms with Crippen LogP contribution in [0.4, 0.5) is 0 Å². The molecule has 164 valence electrons. The van der Waals surface area contributed by atoms with Gasteiger partial charge in [-0.1, -0.05) is 36.9 Å². The quantitative estimate of drug-likeness (QED) is 0.396. The van der Waals surface area contributed by atoms with Gasteiger partial charge < -0.3 is 4.90 Å². The summed E-state index contributed by atoms with van der Waals surface area (Å²) in [6, 6.07) is 9.44. The molecule has 1 aliphatic heterocycles. The van der Waals surface area contributed by atoms with Crippen molar-refractivity contribution in [2.75, 3.05) is 17.3 Å². The van der Waals surface area contributed by atoms with E-state index in [1.165, 1.54) is 18.1 Å². The molecule has 0 radical (unpaired) electrons. The second kappa shape index (κ2) is 8.96. The fourth-order valence-corrected chi connectivity index (χ4v) is 6.44. The lowest BCUT2D eigenvalue weighted by Gasteiger charge is -2.33. The first kappa shape index (κ1) is 21.8. The number of thioether (sulfide) groups is 1. The third-order valence-electron chi connectivity index (χ3n) is 5.62. The molecular weight excluding hydrogens is 434 g/mol. The summed E-state index contributed by atoms with van der Waals surface area (Å²) in [5.74, 6) is 0.318. The first-order valence-electron chi connectivity index (χ1n) is 10.3. The number of fused-ring (bicyclic) bond motifs is 1. The molecule has 0 N–H and O–H groups in total. The highest BCUT2D eigenvalue weighted by Gasteiger charge is 2.36. The summed E-state index contributed by atoms with van der Waals surface area (Å²) in [7, 11) is -3.07. The van der Waals surface area contributed by atoms with E-state index in [0.29, 0.717) is 17.1 Å². The molecule has 0 saturated carbocycles. The van der Waals surface area contributed by atoms with Crippen LogP contribution in [-0.2, 0) is 14.6 Å². The Kier molecular flexibility index (Phi) is 6.29. The lowest BCUT2D eigenvalue weighted by Crippen LogP contribution is -2.47. The van der Waals surface area contributed by atoms with E-state index >= 15 is 0 Å². The van der Waals surface area contributed by atoms with Crippen molar-refractivity contribution in [2.45, 2.75) is 43.8 Å². The largest absolute Gasteiger partial charge is 0.335 e. The topological polar surface area (TPSA) is 98.1 Å². The van der Waals surface area contributed by atoms with E-state index in [0.717, 1.165) is 17.5 Å². The van der Waals surface area contributed by atoms with Crippen LogP contribution in [0.5, 0.6) is 0 Å². The summed E-state index contributed by atoms with van der Waals surface area (Å²) < 4.78 is 25.7. The summed E-state index contributed by atoms with van der Waals surface area (Å²) in [4.78, 5) is 23.6. The predicted molar refractivity (Wildman–Crippen MR) is 121 cm³/mol. The first-order chi connectivity index (χ1) is 14.9. The molecule has 0 spiro atoms. The van der Waals surface area contributed by atoms with Crippen LogP contribution in [0.3, 0.4) is 0 Å². The second-order valence-electron chi connectivity index (χ2n) is 7.71. The van der Waals surface area contributed by atoms with Crippen molar-refractivity contribution in [3.8, 4) is 5.69 Å². The molecule has 1 aromatic carbocycles. The molecule has 1 fully saturated rings. The number of sulfone groups is 1. The number of nitrogens with zero attached hydrogens (tertiary/aromatic N) is 5. The number of carbonyl (C=O) groups excluding carboxylic acids is 1. The SMILES string of the molecule is CC[C@@H](C)N(C(=O)CSc1ncnc2c1cnn2-c1ccccc1)[C@H]1CCS(=O)(=O)C1. The Morgan fingerprint density at radius 3 is 2.74 bits per heavy atom. The number of carbonyl (C=O) groups is 1. The van der Waals surface area contributed by atoms with E-state index in [9.17, 15) is 13.2 Å². The van der Waals surface area contributed by atoms with Crippen LogP contribution in [0.25, 0.3) is 16.7 Å². The van der Waals surface area contributed by atoms with Crippen LogP contribution < -0.4 is 0 Å². The van der Waals surface area contributed by atoms with E-state index < -0.39 is 9.84 Å². The molecule has 4 rings (SSSR count). The molecule has 2 atom stereocenters. The molecule has 1 aliphatic rings. The molecule has 10 heteroatoms. The maximum absolute atomic E-state index is 13.1. The zero-order valence-electron chi connectivity index (χ0n) is 17.5. The fraction of sp³-hybridized carbons (Fsp3) is 0.429. The van der Waals surface area contributed by atoms with Crippen LogP contribution in [0, 0.1) is 0 Å². The zero-order valence-corrected chi connectivity index (χ0v) is 19.1. The molecule has 0 aliphatic carbocycles. The summed E-state index contributed by atoms with van der Waals surface area (Å²) in [6.45, 7) is 3.98. The molecule has 8 nitrogen and oxygen atoms in total. The number of hydrogen-bond donors (Lipinski definition) is 0. The molecule has 1 saturated heterocycles. The molecule has 0 unspecified atom stereocenters. The molecule has 31 heavy (non-hydrogen) atoms. The van der Waals surface area contributed by atoms with Crippen molar-refractivity contribution < 1.29 is 13.2 Å². The summed E-state index contributed by atoms with van der Waals surface area (Å²) in [5.41, 5.74) is 1.57. The minimum absolute atomic E-state index is 0.0161. The molecular formula is C21H25N5O3S2. The monoisotopic (exact) mass is 459 g/mol. The van der Waals surface area contributed by atoms with Gasteiger partial charge in [-0.25, -0.2) is 23.1 Å². The Morgan fingerprint density at radius 2 is 2.06 bits per heavy atom. The van der Waals surface area contributed by atoms with Gasteiger partial charge in [-0.15, -0.1) is 0 Å². The van der Waals surface area contributed by atoms with E-state index in [1.54, 1.807) is 15.8 Å². The van der Waals surface area contributed by atoms with Crippen molar-refractivity contribution in [1.82, 2.24) is 24.6 Å². The standard InChI is InChI=1S/C21H25N5O3S2/c1-3-15(2)25(17-9-10-31(28,29)13-17)19(27)12-30-21-18-11-24-26(20(18)22-14-23-21)16-7-5-4-6-8-16/h4-8,11,14-15,17H,3,9-10,12-13H2,1-2H3/t15-,17+/m1/s1. The van der Waals surface area contributed by atoms with Crippen LogP contribution in [0.2, 0.25) is 0 Å². The Bertz CT molecular complexity index is 1180. The van der Waals surface area contributed by atoms with Gasteiger partial charge in [-0.2, -0.15) is 5.10 Å². The molecule has 3 heterocycles. The highest BCUT2D eigenvalue weighted by atomic mass is 32.2. The minimum Gasteiger partial charge on any atom is -0.335 e. The van der Waals surface area contributed by atoms with Crippen LogP contribution >= 0.6 is 11.8 Å². The van der Waals surface area contributed by atoms with Crippen LogP contribution in [0.15, 0.2) is 47.9 Å². The zero-order chi connectivity index (χ0) is 22.0. The average Bonchev–Trinajstić information content (AvgIpc) is 3.36. The maximum atomic E-state index is 13.1. The van der Waals surface area contributed by atoms with Gasteiger partial charge in [0.2, 0.25) is 5.91 Å². The molecule has 0 bridgehead atoms. The van der Waals surface area contributed by atoms with Gasteiger partial charge >= 0.3 is 0 Å². The average molecular weight is 460 g/mol. The molecule has 1 amide bonds. The Morgan fingerprint density at radius 1 is 1.29 bits per heavy atom. The Balaban J connectivity index is 1.54. The Labute approximate surface area is 186 Å². The predicted octanol–water partition coefficient (Wildman–Crippen LogP) is 2.72. The first-order valence-corrected chi connectivity index (χ1v) is 13.1. The highest BCUT2D eigenvalue weighted by molar-refractivity contribution is 8.00. The van der Waals surface area contributed by atoms with Gasteiger partial charge in [-0.3, -0.25) is 4.79 Å². The molecule has 2 aromatic heterocycles. The summed E-state index contributed by atoms with van der Waals surface area (Å²) >= 11 is 1.34.